The summed E-state index contributed by atoms with van der Waals surface area (Å²) in [7, 11) is 0. The first-order valence-electron chi connectivity index (χ1n) is 6.55. The van der Waals surface area contributed by atoms with E-state index < -0.39 is 5.91 Å². The fourth-order valence-electron chi connectivity index (χ4n) is 2.07. The van der Waals surface area contributed by atoms with Gasteiger partial charge in [0.1, 0.15) is 5.76 Å². The van der Waals surface area contributed by atoms with Gasteiger partial charge in [-0.1, -0.05) is 45.0 Å². The van der Waals surface area contributed by atoms with Gasteiger partial charge in [-0.25, -0.2) is 0 Å². The topological polar surface area (TPSA) is 56.2 Å². The molecule has 1 amide bonds. The molecule has 0 spiro atoms. The van der Waals surface area contributed by atoms with Crippen molar-refractivity contribution in [2.45, 2.75) is 33.1 Å². The maximum absolute atomic E-state index is 11.4. The fourth-order valence-corrected chi connectivity index (χ4v) is 2.07. The predicted octanol–water partition coefficient (Wildman–Crippen LogP) is 3.73. The standard InChI is InChI=1S/C16H19NO2/c1-4-11-5-7-12(8-6-11)14-9-13(10(2)3)15(19-14)16(17)18/h5-10H,4H2,1-3H3,(H2,17,18). The van der Waals surface area contributed by atoms with E-state index >= 15 is 0 Å². The van der Waals surface area contributed by atoms with Gasteiger partial charge in [-0.05, 0) is 24.0 Å². The summed E-state index contributed by atoms with van der Waals surface area (Å²) in [4.78, 5) is 11.4. The number of furan rings is 1. The minimum Gasteiger partial charge on any atom is -0.451 e. The summed E-state index contributed by atoms with van der Waals surface area (Å²) >= 11 is 0. The zero-order chi connectivity index (χ0) is 14.0. The second kappa shape index (κ2) is 5.31. The third-order valence-corrected chi connectivity index (χ3v) is 3.25. The molecule has 0 saturated heterocycles. The number of nitrogens with two attached hydrogens (primary N) is 1. The van der Waals surface area contributed by atoms with Crippen molar-refractivity contribution >= 4 is 5.91 Å². The monoisotopic (exact) mass is 257 g/mol. The average molecular weight is 257 g/mol. The van der Waals surface area contributed by atoms with Crippen LogP contribution in [0, 0.1) is 0 Å². The third kappa shape index (κ3) is 2.70. The molecule has 3 heteroatoms. The van der Waals surface area contributed by atoms with Gasteiger partial charge in [-0.2, -0.15) is 0 Å². The number of hydrogen-bond donors (Lipinski definition) is 1. The quantitative estimate of drug-likeness (QED) is 0.907. The van der Waals surface area contributed by atoms with Crippen molar-refractivity contribution in [2.24, 2.45) is 5.73 Å². The Morgan fingerprint density at radius 3 is 2.32 bits per heavy atom. The van der Waals surface area contributed by atoms with E-state index in [0.29, 0.717) is 5.76 Å². The highest BCUT2D eigenvalue weighted by Crippen LogP contribution is 2.30. The predicted molar refractivity (Wildman–Crippen MR) is 76.1 cm³/mol. The van der Waals surface area contributed by atoms with Crippen molar-refractivity contribution in [1.29, 1.82) is 0 Å². The van der Waals surface area contributed by atoms with Crippen LogP contribution in [0.25, 0.3) is 11.3 Å². The van der Waals surface area contributed by atoms with Gasteiger partial charge < -0.3 is 10.2 Å². The second-order valence-electron chi connectivity index (χ2n) is 4.96. The van der Waals surface area contributed by atoms with Crippen LogP contribution in [0.3, 0.4) is 0 Å². The van der Waals surface area contributed by atoms with Crippen molar-refractivity contribution in [3.63, 3.8) is 0 Å². The molecule has 0 fully saturated rings. The van der Waals surface area contributed by atoms with Crippen LogP contribution in [0.2, 0.25) is 0 Å². The highest BCUT2D eigenvalue weighted by Gasteiger charge is 2.18. The highest BCUT2D eigenvalue weighted by atomic mass is 16.4. The Morgan fingerprint density at radius 2 is 1.89 bits per heavy atom. The van der Waals surface area contributed by atoms with Gasteiger partial charge in [0, 0.05) is 11.1 Å². The maximum atomic E-state index is 11.4. The van der Waals surface area contributed by atoms with Crippen LogP contribution in [-0.4, -0.2) is 5.91 Å². The summed E-state index contributed by atoms with van der Waals surface area (Å²) in [5.41, 5.74) is 8.46. The zero-order valence-electron chi connectivity index (χ0n) is 11.6. The minimum absolute atomic E-state index is 0.204. The summed E-state index contributed by atoms with van der Waals surface area (Å²) in [6, 6.07) is 10.1. The van der Waals surface area contributed by atoms with Gasteiger partial charge in [0.05, 0.1) is 0 Å². The number of primary amides is 1. The van der Waals surface area contributed by atoms with Crippen LogP contribution in [0.5, 0.6) is 0 Å². The maximum Gasteiger partial charge on any atom is 0.284 e. The number of carbonyl (C=O) groups is 1. The Hall–Kier alpha value is -2.03. The smallest absolute Gasteiger partial charge is 0.284 e. The van der Waals surface area contributed by atoms with Crippen LogP contribution in [-0.2, 0) is 6.42 Å². The first-order chi connectivity index (χ1) is 9.02. The SMILES string of the molecule is CCc1ccc(-c2cc(C(C)C)c(C(N)=O)o2)cc1. The number of amides is 1. The second-order valence-corrected chi connectivity index (χ2v) is 4.96. The van der Waals surface area contributed by atoms with E-state index in [1.54, 1.807) is 0 Å². The molecule has 0 aliphatic carbocycles. The number of benzene rings is 1. The summed E-state index contributed by atoms with van der Waals surface area (Å²) in [5, 5.41) is 0. The molecule has 2 rings (SSSR count). The Bertz CT molecular complexity index is 579. The lowest BCUT2D eigenvalue weighted by molar-refractivity contribution is 0.0973. The molecule has 3 nitrogen and oxygen atoms in total. The molecule has 100 valence electrons. The molecule has 2 aromatic rings. The van der Waals surface area contributed by atoms with Crippen molar-refractivity contribution in [1.82, 2.24) is 0 Å². The summed E-state index contributed by atoms with van der Waals surface area (Å²) in [5.74, 6) is 0.653. The highest BCUT2D eigenvalue weighted by molar-refractivity contribution is 5.92. The molecule has 0 bridgehead atoms. The van der Waals surface area contributed by atoms with E-state index in [9.17, 15) is 4.79 Å². The lowest BCUT2D eigenvalue weighted by Crippen LogP contribution is -2.12. The zero-order valence-corrected chi connectivity index (χ0v) is 11.6. The van der Waals surface area contributed by atoms with Crippen molar-refractivity contribution in [3.8, 4) is 11.3 Å². The van der Waals surface area contributed by atoms with E-state index in [4.69, 9.17) is 10.2 Å². The number of rotatable bonds is 4. The summed E-state index contributed by atoms with van der Waals surface area (Å²) in [6.45, 7) is 6.15. The number of carbonyl (C=O) groups excluding carboxylic acids is 1. The van der Waals surface area contributed by atoms with Gasteiger partial charge >= 0.3 is 0 Å². The van der Waals surface area contributed by atoms with Crippen LogP contribution in [0.1, 0.15) is 48.4 Å². The van der Waals surface area contributed by atoms with Crippen LogP contribution < -0.4 is 5.73 Å². The van der Waals surface area contributed by atoms with Crippen molar-refractivity contribution < 1.29 is 9.21 Å². The summed E-state index contributed by atoms with van der Waals surface area (Å²) in [6.07, 6.45) is 1.00. The Balaban J connectivity index is 2.44. The first kappa shape index (κ1) is 13.4. The van der Waals surface area contributed by atoms with E-state index in [-0.39, 0.29) is 11.7 Å². The van der Waals surface area contributed by atoms with Gasteiger partial charge in [0.2, 0.25) is 0 Å². The molecule has 0 unspecified atom stereocenters. The molecule has 0 aliphatic rings. The van der Waals surface area contributed by atoms with Gasteiger partial charge in [0.15, 0.2) is 5.76 Å². The molecule has 0 radical (unpaired) electrons. The summed E-state index contributed by atoms with van der Waals surface area (Å²) < 4.78 is 5.62. The van der Waals surface area contributed by atoms with Gasteiger partial charge in [-0.3, -0.25) is 4.79 Å². The first-order valence-corrected chi connectivity index (χ1v) is 6.55. The normalized spacial score (nSPS) is 10.9. The lowest BCUT2D eigenvalue weighted by Gasteiger charge is -2.00. The van der Waals surface area contributed by atoms with E-state index in [0.717, 1.165) is 17.5 Å². The molecule has 0 atom stereocenters. The third-order valence-electron chi connectivity index (χ3n) is 3.25. The molecular formula is C16H19NO2. The van der Waals surface area contributed by atoms with E-state index in [2.05, 4.69) is 19.1 Å². The van der Waals surface area contributed by atoms with Gasteiger partial charge in [-0.15, -0.1) is 0 Å². The Labute approximate surface area is 113 Å². The molecule has 2 N–H and O–H groups in total. The molecule has 1 aromatic carbocycles. The lowest BCUT2D eigenvalue weighted by atomic mass is 10.0. The van der Waals surface area contributed by atoms with E-state index in [1.807, 2.05) is 32.0 Å². The number of aryl methyl sites for hydroxylation is 1. The van der Waals surface area contributed by atoms with Crippen LogP contribution >= 0.6 is 0 Å². The number of hydrogen-bond acceptors (Lipinski definition) is 2. The molecule has 1 aromatic heterocycles. The van der Waals surface area contributed by atoms with Crippen molar-refractivity contribution in [2.75, 3.05) is 0 Å². The fraction of sp³-hybridized carbons (Fsp3) is 0.312. The Kier molecular flexibility index (Phi) is 3.74. The largest absolute Gasteiger partial charge is 0.451 e. The molecule has 19 heavy (non-hydrogen) atoms. The van der Waals surface area contributed by atoms with E-state index in [1.165, 1.54) is 5.56 Å². The average Bonchev–Trinajstić information content (AvgIpc) is 2.84. The van der Waals surface area contributed by atoms with Crippen LogP contribution in [0.15, 0.2) is 34.7 Å². The Morgan fingerprint density at radius 1 is 1.26 bits per heavy atom. The van der Waals surface area contributed by atoms with Gasteiger partial charge in [0.25, 0.3) is 5.91 Å². The molecule has 1 heterocycles. The molecule has 0 saturated carbocycles. The molecule has 0 aliphatic heterocycles. The van der Waals surface area contributed by atoms with Crippen LogP contribution in [0.4, 0.5) is 0 Å². The molecular weight excluding hydrogens is 238 g/mol. The minimum atomic E-state index is -0.514. The van der Waals surface area contributed by atoms with Crippen molar-refractivity contribution in [3.05, 3.63) is 47.2 Å².